The topological polar surface area (TPSA) is 20.2 Å². The lowest BCUT2D eigenvalue weighted by Crippen LogP contribution is -1.88. The first-order valence-electron chi connectivity index (χ1n) is 4.95. The van der Waals surface area contributed by atoms with E-state index in [0.717, 1.165) is 0 Å². The highest BCUT2D eigenvalue weighted by atomic mass is 35.5. The summed E-state index contributed by atoms with van der Waals surface area (Å²) in [4.78, 5) is 0. The molecule has 0 unspecified atom stereocenters. The largest absolute Gasteiger partial charge is 0.505 e. The molecule has 0 amide bonds. The monoisotopic (exact) mass is 408 g/mol. The van der Waals surface area contributed by atoms with Crippen molar-refractivity contribution in [2.24, 2.45) is 0 Å². The van der Waals surface area contributed by atoms with Crippen LogP contribution < -0.4 is 0 Å². The molecular formula is C12H3Cl7O. The van der Waals surface area contributed by atoms with E-state index in [2.05, 4.69) is 0 Å². The molecule has 20 heavy (non-hydrogen) atoms. The van der Waals surface area contributed by atoms with Gasteiger partial charge in [-0.3, -0.25) is 0 Å². The van der Waals surface area contributed by atoms with Crippen LogP contribution in [-0.2, 0) is 0 Å². The van der Waals surface area contributed by atoms with Crippen molar-refractivity contribution in [3.05, 3.63) is 47.3 Å². The molecule has 2 aromatic carbocycles. The van der Waals surface area contributed by atoms with Crippen LogP contribution in [0.15, 0.2) is 12.1 Å². The zero-order chi connectivity index (χ0) is 15.2. The average molecular weight is 411 g/mol. The van der Waals surface area contributed by atoms with E-state index in [1.807, 2.05) is 0 Å². The van der Waals surface area contributed by atoms with Gasteiger partial charge in [-0.15, -0.1) is 0 Å². The number of benzene rings is 2. The average Bonchev–Trinajstić information content (AvgIpc) is 2.39. The second-order valence-corrected chi connectivity index (χ2v) is 6.46. The number of hydrogen-bond donors (Lipinski definition) is 1. The van der Waals surface area contributed by atoms with Crippen LogP contribution in [-0.4, -0.2) is 5.11 Å². The Morgan fingerprint density at radius 2 is 1.15 bits per heavy atom. The summed E-state index contributed by atoms with van der Waals surface area (Å²) in [5.74, 6) is -0.406. The molecular weight excluding hydrogens is 408 g/mol. The van der Waals surface area contributed by atoms with Gasteiger partial charge in [-0.25, -0.2) is 0 Å². The third kappa shape index (κ3) is 2.78. The second-order valence-electron chi connectivity index (χ2n) is 3.73. The lowest BCUT2D eigenvalue weighted by molar-refractivity contribution is 0.476. The minimum absolute atomic E-state index is 0.00111. The first-order chi connectivity index (χ1) is 9.25. The highest BCUT2D eigenvalue weighted by molar-refractivity contribution is 6.52. The lowest BCUT2D eigenvalue weighted by atomic mass is 10.0. The van der Waals surface area contributed by atoms with E-state index in [0.29, 0.717) is 10.6 Å². The molecule has 0 radical (unpaired) electrons. The number of phenols is 1. The maximum Gasteiger partial charge on any atom is 0.155 e. The molecule has 0 aliphatic rings. The fourth-order valence-electron chi connectivity index (χ4n) is 1.59. The Hall–Kier alpha value is 0.270. The molecule has 0 atom stereocenters. The Kier molecular flexibility index (Phi) is 5.14. The molecule has 0 aliphatic heterocycles. The Bertz CT molecular complexity index is 683. The Balaban J connectivity index is 2.91. The smallest absolute Gasteiger partial charge is 0.155 e. The van der Waals surface area contributed by atoms with Gasteiger partial charge in [-0.1, -0.05) is 81.2 Å². The van der Waals surface area contributed by atoms with Gasteiger partial charge in [0.25, 0.3) is 0 Å². The number of aromatic hydroxyl groups is 1. The van der Waals surface area contributed by atoms with E-state index < -0.39 is 5.75 Å². The van der Waals surface area contributed by atoms with Crippen molar-refractivity contribution in [2.75, 3.05) is 0 Å². The van der Waals surface area contributed by atoms with Gasteiger partial charge in [0.1, 0.15) is 10.0 Å². The SMILES string of the molecule is Oc1c(Cl)c(Cl)c(-c2cc(Cl)cc(Cl)c2Cl)c(Cl)c1Cl. The Labute approximate surface area is 149 Å². The van der Waals surface area contributed by atoms with Crippen LogP contribution in [0.4, 0.5) is 0 Å². The predicted octanol–water partition coefficient (Wildman–Crippen LogP) is 7.63. The van der Waals surface area contributed by atoms with Crippen molar-refractivity contribution in [1.29, 1.82) is 0 Å². The van der Waals surface area contributed by atoms with Crippen LogP contribution >= 0.6 is 81.2 Å². The van der Waals surface area contributed by atoms with Gasteiger partial charge in [0.15, 0.2) is 5.75 Å². The third-order valence-electron chi connectivity index (χ3n) is 2.50. The third-order valence-corrected chi connectivity index (χ3v) is 5.21. The van der Waals surface area contributed by atoms with Crippen LogP contribution in [0.5, 0.6) is 5.75 Å². The summed E-state index contributed by atoms with van der Waals surface area (Å²) in [6, 6.07) is 2.99. The lowest BCUT2D eigenvalue weighted by Gasteiger charge is -2.14. The number of hydrogen-bond acceptors (Lipinski definition) is 1. The van der Waals surface area contributed by atoms with E-state index >= 15 is 0 Å². The summed E-state index contributed by atoms with van der Waals surface area (Å²) >= 11 is 42.1. The van der Waals surface area contributed by atoms with Crippen LogP contribution in [0, 0.1) is 0 Å². The summed E-state index contributed by atoms with van der Waals surface area (Å²) in [6.45, 7) is 0. The first-order valence-corrected chi connectivity index (χ1v) is 7.60. The van der Waals surface area contributed by atoms with E-state index in [4.69, 9.17) is 81.2 Å². The summed E-state index contributed by atoms with van der Waals surface area (Å²) in [7, 11) is 0. The molecule has 0 heterocycles. The molecule has 0 fully saturated rings. The number of halogens is 7. The maximum atomic E-state index is 9.70. The van der Waals surface area contributed by atoms with Gasteiger partial charge in [-0.2, -0.15) is 0 Å². The predicted molar refractivity (Wildman–Crippen MR) is 88.6 cm³/mol. The minimum Gasteiger partial charge on any atom is -0.505 e. The van der Waals surface area contributed by atoms with Crippen molar-refractivity contribution < 1.29 is 5.11 Å². The quantitative estimate of drug-likeness (QED) is 0.478. The molecule has 1 N–H and O–H groups in total. The zero-order valence-electron chi connectivity index (χ0n) is 9.25. The minimum atomic E-state index is -0.406. The highest BCUT2D eigenvalue weighted by Crippen LogP contribution is 2.51. The molecule has 0 saturated carbocycles. The van der Waals surface area contributed by atoms with Gasteiger partial charge in [0, 0.05) is 16.1 Å². The molecule has 2 rings (SSSR count). The van der Waals surface area contributed by atoms with Crippen molar-refractivity contribution >= 4 is 81.2 Å². The van der Waals surface area contributed by atoms with Crippen molar-refractivity contribution in [3.63, 3.8) is 0 Å². The normalized spacial score (nSPS) is 10.9. The molecule has 106 valence electrons. The van der Waals surface area contributed by atoms with Crippen molar-refractivity contribution in [2.45, 2.75) is 0 Å². The zero-order valence-corrected chi connectivity index (χ0v) is 14.5. The molecule has 0 bridgehead atoms. The van der Waals surface area contributed by atoms with Crippen LogP contribution in [0.2, 0.25) is 35.2 Å². The fraction of sp³-hybridized carbons (Fsp3) is 0. The molecule has 2 aromatic rings. The van der Waals surface area contributed by atoms with E-state index in [1.54, 1.807) is 0 Å². The van der Waals surface area contributed by atoms with Gasteiger partial charge in [0.2, 0.25) is 0 Å². The van der Waals surface area contributed by atoms with Crippen molar-refractivity contribution in [1.82, 2.24) is 0 Å². The van der Waals surface area contributed by atoms with Gasteiger partial charge in [-0.05, 0) is 12.1 Å². The molecule has 0 saturated heterocycles. The summed E-state index contributed by atoms with van der Waals surface area (Å²) in [5, 5.41) is 10.2. The highest BCUT2D eigenvalue weighted by Gasteiger charge is 2.23. The fourth-order valence-corrected chi connectivity index (χ4v) is 3.34. The number of phenolic OH excluding ortho intramolecular Hbond substituents is 1. The second kappa shape index (κ2) is 6.18. The van der Waals surface area contributed by atoms with Crippen LogP contribution in [0.25, 0.3) is 11.1 Å². The summed E-state index contributed by atoms with van der Waals surface area (Å²) in [5.41, 5.74) is 0.610. The molecule has 8 heteroatoms. The van der Waals surface area contributed by atoms with E-state index in [-0.39, 0.29) is 35.7 Å². The Morgan fingerprint density at radius 1 is 0.650 bits per heavy atom. The maximum absolute atomic E-state index is 9.70. The summed E-state index contributed by atoms with van der Waals surface area (Å²) < 4.78 is 0. The molecule has 0 aliphatic carbocycles. The van der Waals surface area contributed by atoms with Gasteiger partial charge >= 0.3 is 0 Å². The van der Waals surface area contributed by atoms with Gasteiger partial charge < -0.3 is 5.11 Å². The van der Waals surface area contributed by atoms with E-state index in [9.17, 15) is 5.11 Å². The summed E-state index contributed by atoms with van der Waals surface area (Å²) in [6.07, 6.45) is 0. The molecule has 0 aromatic heterocycles. The van der Waals surface area contributed by atoms with E-state index in [1.165, 1.54) is 12.1 Å². The standard InChI is InChI=1S/C12H3Cl7O/c13-3-1-4(7(15)5(14)2-3)6-8(16)10(18)12(20)11(19)9(6)17/h1-2,20H. The van der Waals surface area contributed by atoms with Gasteiger partial charge in [0.05, 0.1) is 20.1 Å². The first kappa shape index (κ1) is 16.6. The van der Waals surface area contributed by atoms with Crippen molar-refractivity contribution in [3.8, 4) is 16.9 Å². The Morgan fingerprint density at radius 3 is 1.65 bits per heavy atom. The number of rotatable bonds is 1. The molecule has 1 nitrogen and oxygen atoms in total. The molecule has 0 spiro atoms. The van der Waals surface area contributed by atoms with Crippen LogP contribution in [0.3, 0.4) is 0 Å². The van der Waals surface area contributed by atoms with Crippen LogP contribution in [0.1, 0.15) is 0 Å².